The molecule has 0 heterocycles. The molecule has 0 saturated heterocycles. The predicted molar refractivity (Wildman–Crippen MR) is 550 cm³/mol. The van der Waals surface area contributed by atoms with Crippen LogP contribution in [0.15, 0.2) is 455 Å². The molecule has 0 unspecified atom stereocenters. The van der Waals surface area contributed by atoms with E-state index in [0.29, 0.717) is 0 Å². The van der Waals surface area contributed by atoms with Gasteiger partial charge in [-0.05, 0) is 266 Å². The van der Waals surface area contributed by atoms with Crippen LogP contribution in [0.5, 0.6) is 0 Å². The van der Waals surface area contributed by atoms with Crippen molar-refractivity contribution in [2.24, 2.45) is 0 Å². The van der Waals surface area contributed by atoms with Crippen molar-refractivity contribution in [1.82, 2.24) is 0 Å². The molecule has 1 heteroatoms. The predicted octanol–water partition coefficient (Wildman–Crippen LogP) is 35.5. The Kier molecular flexibility index (Phi) is 18.4. The first-order chi connectivity index (χ1) is 63.1. The van der Waals surface area contributed by atoms with Crippen LogP contribution in [0.4, 0.5) is 17.1 Å². The topological polar surface area (TPSA) is 3.24 Å². The summed E-state index contributed by atoms with van der Waals surface area (Å²) < 4.78 is 0. The van der Waals surface area contributed by atoms with Gasteiger partial charge in [0.2, 0.25) is 0 Å². The van der Waals surface area contributed by atoms with Crippen LogP contribution in [0.25, 0.3) is 232 Å². The summed E-state index contributed by atoms with van der Waals surface area (Å²) in [5, 5.41) is 29.1. The molecule has 0 amide bonds. The molecule has 0 aliphatic rings. The van der Waals surface area contributed by atoms with Crippen LogP contribution in [-0.4, -0.2) is 0 Å². The summed E-state index contributed by atoms with van der Waals surface area (Å²) in [7, 11) is 0. The van der Waals surface area contributed by atoms with Crippen LogP contribution in [0.3, 0.4) is 0 Å². The minimum Gasteiger partial charge on any atom is -0.311 e. The van der Waals surface area contributed by atoms with Crippen molar-refractivity contribution in [3.8, 4) is 66.8 Å². The van der Waals surface area contributed by atoms with Crippen LogP contribution in [0, 0.1) is 0 Å². The van der Waals surface area contributed by atoms with Crippen LogP contribution in [0.1, 0.15) is 33.4 Å². The van der Waals surface area contributed by atoms with E-state index in [9.17, 15) is 0 Å². The molecular formula is C126H81N. The Hall–Kier alpha value is -16.6. The molecule has 0 N–H and O–H groups in total. The smallest absolute Gasteiger partial charge is 0.0462 e. The van der Waals surface area contributed by atoms with Gasteiger partial charge in [-0.15, -0.1) is 0 Å². The van der Waals surface area contributed by atoms with Gasteiger partial charge in [-0.1, -0.05) is 455 Å². The van der Waals surface area contributed by atoms with Gasteiger partial charge in [0.15, 0.2) is 0 Å². The fourth-order valence-corrected chi connectivity index (χ4v) is 21.0. The van der Waals surface area contributed by atoms with E-state index in [-0.39, 0.29) is 0 Å². The molecule has 590 valence electrons. The second-order valence-corrected chi connectivity index (χ2v) is 33.4. The first kappa shape index (κ1) is 74.3. The van der Waals surface area contributed by atoms with Gasteiger partial charge < -0.3 is 4.90 Å². The lowest BCUT2D eigenvalue weighted by atomic mass is 9.81. The van der Waals surface area contributed by atoms with Gasteiger partial charge in [0, 0.05) is 17.1 Å². The lowest BCUT2D eigenvalue weighted by molar-refractivity contribution is 1.28. The van der Waals surface area contributed by atoms with Crippen LogP contribution in [0.2, 0.25) is 0 Å². The van der Waals surface area contributed by atoms with Crippen LogP contribution < -0.4 is 4.90 Å². The van der Waals surface area contributed by atoms with Crippen molar-refractivity contribution in [3.63, 3.8) is 0 Å². The molecule has 24 rings (SSSR count). The molecule has 0 aliphatic heterocycles. The molecule has 0 spiro atoms. The average Bonchev–Trinajstić information content (AvgIpc) is 0.720. The molecule has 127 heavy (non-hydrogen) atoms. The number of anilines is 3. The van der Waals surface area contributed by atoms with Crippen molar-refractivity contribution in [2.45, 2.75) is 0 Å². The van der Waals surface area contributed by atoms with Gasteiger partial charge in [-0.2, -0.15) is 0 Å². The Morgan fingerprint density at radius 2 is 0.244 bits per heavy atom. The van der Waals surface area contributed by atoms with Gasteiger partial charge in [0.25, 0.3) is 0 Å². The zero-order valence-electron chi connectivity index (χ0n) is 69.7. The normalized spacial score (nSPS) is 12.0. The van der Waals surface area contributed by atoms with Crippen molar-refractivity contribution in [1.29, 1.82) is 0 Å². The Balaban J connectivity index is 0.672. The van der Waals surface area contributed by atoms with Gasteiger partial charge in [0.05, 0.1) is 0 Å². The van der Waals surface area contributed by atoms with E-state index in [1.54, 1.807) is 0 Å². The molecule has 24 aromatic carbocycles. The first-order valence-electron chi connectivity index (χ1n) is 44.0. The molecule has 0 fully saturated rings. The third-order valence-corrected chi connectivity index (χ3v) is 26.4. The number of hydrogen-bond acceptors (Lipinski definition) is 1. The van der Waals surface area contributed by atoms with Gasteiger partial charge in [-0.25, -0.2) is 0 Å². The summed E-state index contributed by atoms with van der Waals surface area (Å²) in [5.41, 5.74) is 24.8. The highest BCUT2D eigenvalue weighted by Crippen LogP contribution is 2.55. The van der Waals surface area contributed by atoms with E-state index in [1.165, 1.54) is 213 Å². The summed E-state index contributed by atoms with van der Waals surface area (Å²) in [6.45, 7) is 0. The van der Waals surface area contributed by atoms with Gasteiger partial charge >= 0.3 is 0 Å². The number of fused-ring (bicyclic) bond motifs is 12. The monoisotopic (exact) mass is 1610 g/mol. The van der Waals surface area contributed by atoms with Crippen LogP contribution in [-0.2, 0) is 0 Å². The Bertz CT molecular complexity index is 7490. The zero-order chi connectivity index (χ0) is 83.8. The molecule has 0 atom stereocenters. The average molecular weight is 1610 g/mol. The molecule has 1 nitrogen and oxygen atoms in total. The van der Waals surface area contributed by atoms with Gasteiger partial charge in [-0.3, -0.25) is 0 Å². The summed E-state index contributed by atoms with van der Waals surface area (Å²) in [6.07, 6.45) is 13.7. The largest absolute Gasteiger partial charge is 0.311 e. The number of rotatable bonds is 15. The number of hydrogen-bond donors (Lipinski definition) is 0. The van der Waals surface area contributed by atoms with Crippen molar-refractivity contribution in [3.05, 3.63) is 488 Å². The maximum absolute atomic E-state index is 2.45. The Morgan fingerprint density at radius 1 is 0.110 bits per heavy atom. The minimum atomic E-state index is 1.04. The fourth-order valence-electron chi connectivity index (χ4n) is 21.0. The lowest BCUT2D eigenvalue weighted by Gasteiger charge is -2.27. The van der Waals surface area contributed by atoms with Crippen molar-refractivity contribution < 1.29 is 0 Å². The standard InChI is InChI=1S/C126H81N/c1-4-34-82(35-5-1)64-79-97-91-40-10-16-46-100(91)121(101-47-17-11-41-92(97)101)124-112-58-28-22-52-106(112)118(107-53-23-29-59-113(107)124)85-67-73-88(74-68-85)127(89-75-69-86(70-76-89)119-108-54-24-30-60-114(108)125(115-61-31-25-55-109(115)119)122-102-48-18-12-42-93(102)98(94-43-13-19-49-103(94)122)80-65-83-36-6-2-7-37-83)90-77-71-87(72-78-90)120-110-56-26-32-62-116(110)126(117-63-33-27-57-111(117)120)123-104-50-20-14-44-95(104)99(96-45-15-21-51-105(96)123)81-66-84-38-8-3-9-39-84/h1-81H. The molecule has 0 saturated carbocycles. The molecule has 0 aliphatic carbocycles. The highest BCUT2D eigenvalue weighted by atomic mass is 15.1. The maximum atomic E-state index is 2.45. The molecular weight excluding hydrogens is 1530 g/mol. The van der Waals surface area contributed by atoms with Crippen molar-refractivity contribution in [2.75, 3.05) is 4.90 Å². The number of benzene rings is 24. The van der Waals surface area contributed by atoms with E-state index in [0.717, 1.165) is 33.8 Å². The van der Waals surface area contributed by atoms with E-state index in [2.05, 4.69) is 496 Å². The maximum Gasteiger partial charge on any atom is 0.0462 e. The minimum absolute atomic E-state index is 1.04. The third-order valence-electron chi connectivity index (χ3n) is 26.4. The summed E-state index contributed by atoms with van der Waals surface area (Å²) in [5.74, 6) is 0. The molecule has 0 bridgehead atoms. The molecule has 0 radical (unpaired) electrons. The second-order valence-electron chi connectivity index (χ2n) is 33.4. The molecule has 24 aromatic rings. The van der Waals surface area contributed by atoms with E-state index in [4.69, 9.17) is 0 Å². The Labute approximate surface area is 737 Å². The summed E-state index contributed by atoms with van der Waals surface area (Å²) >= 11 is 0. The second kappa shape index (κ2) is 31.4. The first-order valence-corrected chi connectivity index (χ1v) is 44.0. The highest BCUT2D eigenvalue weighted by molar-refractivity contribution is 6.33. The summed E-state index contributed by atoms with van der Waals surface area (Å²) in [4.78, 5) is 2.45. The van der Waals surface area contributed by atoms with E-state index in [1.807, 2.05) is 0 Å². The zero-order valence-corrected chi connectivity index (χ0v) is 69.7. The van der Waals surface area contributed by atoms with E-state index < -0.39 is 0 Å². The summed E-state index contributed by atoms with van der Waals surface area (Å²) in [6, 6.07) is 169. The lowest BCUT2D eigenvalue weighted by Crippen LogP contribution is -2.10. The SMILES string of the molecule is C(=Cc1c2ccccc2c(-c2c3ccccc3c(-c3ccc(N(c4ccc(-c5c6ccccc6c(-c6c7ccccc7c(C=Cc7ccccc7)c7ccccc67)c6ccccc56)cc4)c4ccc(-c5c6ccccc6c(-c6c7ccccc7c(C=Cc7ccccc7)c7ccccc67)c6ccccc56)cc4)cc3)c3ccccc23)c2ccccc12)c1ccccc1. The van der Waals surface area contributed by atoms with E-state index >= 15 is 0 Å². The van der Waals surface area contributed by atoms with Gasteiger partial charge in [0.1, 0.15) is 0 Å². The third kappa shape index (κ3) is 12.6. The fraction of sp³-hybridized carbons (Fsp3) is 0. The quantitative estimate of drug-likeness (QED) is 0.0730. The van der Waals surface area contributed by atoms with Crippen LogP contribution >= 0.6 is 0 Å². The van der Waals surface area contributed by atoms with Crippen molar-refractivity contribution >= 4 is 183 Å². The Morgan fingerprint density at radius 3 is 0.409 bits per heavy atom. The highest BCUT2D eigenvalue weighted by Gasteiger charge is 2.28. The molecule has 0 aromatic heterocycles. The number of nitrogens with zero attached hydrogens (tertiary/aromatic N) is 1.